The maximum atomic E-state index is 11.7. The van der Waals surface area contributed by atoms with Crippen LogP contribution >= 0.6 is 11.6 Å². The van der Waals surface area contributed by atoms with Gasteiger partial charge in [-0.1, -0.05) is 11.6 Å². The molecule has 94 valence electrons. The summed E-state index contributed by atoms with van der Waals surface area (Å²) < 4.78 is 6.35. The number of fused-ring (bicyclic) bond motifs is 1. The summed E-state index contributed by atoms with van der Waals surface area (Å²) in [5.74, 6) is -0.713. The summed E-state index contributed by atoms with van der Waals surface area (Å²) >= 11 is 5.81. The second kappa shape index (κ2) is 4.17. The fraction of sp³-hybridized carbons (Fsp3) is 0.333. The van der Waals surface area contributed by atoms with Crippen molar-refractivity contribution in [2.75, 3.05) is 0 Å². The van der Waals surface area contributed by atoms with Gasteiger partial charge in [0.15, 0.2) is 5.58 Å². The summed E-state index contributed by atoms with van der Waals surface area (Å²) in [6.45, 7) is -0.0238. The minimum atomic E-state index is -0.543. The quantitative estimate of drug-likeness (QED) is 0.916. The molecule has 1 aromatic carbocycles. The molecule has 3 rings (SSSR count). The highest BCUT2D eigenvalue weighted by molar-refractivity contribution is 6.31. The standard InChI is InChI=1S/C12H11ClN2O3/c13-7-1-4-9-10(5-7)18-12(17)15(9)6-11(16)14-8-2-3-8/h1,4-5,8H,2-3,6H2,(H,14,16). The van der Waals surface area contributed by atoms with E-state index >= 15 is 0 Å². The molecule has 18 heavy (non-hydrogen) atoms. The molecule has 1 aliphatic carbocycles. The maximum Gasteiger partial charge on any atom is 0.420 e. The van der Waals surface area contributed by atoms with Gasteiger partial charge < -0.3 is 9.73 Å². The van der Waals surface area contributed by atoms with E-state index in [0.717, 1.165) is 12.8 Å². The Kier molecular flexibility index (Phi) is 2.63. The summed E-state index contributed by atoms with van der Waals surface area (Å²) in [5, 5.41) is 3.32. The molecule has 1 saturated carbocycles. The number of rotatable bonds is 3. The molecule has 0 aliphatic heterocycles. The molecule has 6 heteroatoms. The van der Waals surface area contributed by atoms with E-state index in [2.05, 4.69) is 5.32 Å². The number of nitrogens with one attached hydrogen (secondary N) is 1. The molecule has 0 atom stereocenters. The highest BCUT2D eigenvalue weighted by atomic mass is 35.5. The number of hydrogen-bond acceptors (Lipinski definition) is 3. The SMILES string of the molecule is O=C(Cn1c(=O)oc2cc(Cl)ccc21)NC1CC1. The lowest BCUT2D eigenvalue weighted by Crippen LogP contribution is -2.32. The highest BCUT2D eigenvalue weighted by Gasteiger charge is 2.24. The van der Waals surface area contributed by atoms with Crippen molar-refractivity contribution < 1.29 is 9.21 Å². The Balaban J connectivity index is 1.92. The Labute approximate surface area is 107 Å². The van der Waals surface area contributed by atoms with Crippen molar-refractivity contribution in [2.24, 2.45) is 0 Å². The number of hydrogen-bond donors (Lipinski definition) is 1. The molecule has 1 aliphatic rings. The number of amides is 1. The van der Waals surface area contributed by atoms with E-state index in [0.29, 0.717) is 16.1 Å². The van der Waals surface area contributed by atoms with Crippen molar-refractivity contribution in [3.05, 3.63) is 33.8 Å². The van der Waals surface area contributed by atoms with Crippen LogP contribution in [-0.2, 0) is 11.3 Å². The normalized spacial score (nSPS) is 14.9. The van der Waals surface area contributed by atoms with Crippen LogP contribution in [0.4, 0.5) is 0 Å². The zero-order valence-electron chi connectivity index (χ0n) is 9.48. The first-order chi connectivity index (χ1) is 8.63. The third-order valence-corrected chi connectivity index (χ3v) is 3.11. The van der Waals surface area contributed by atoms with Gasteiger partial charge in [0.05, 0.1) is 5.52 Å². The molecule has 0 spiro atoms. The third kappa shape index (κ3) is 2.13. The van der Waals surface area contributed by atoms with Crippen LogP contribution in [0.3, 0.4) is 0 Å². The maximum absolute atomic E-state index is 11.7. The number of oxazole rings is 1. The first kappa shape index (κ1) is 11.3. The van der Waals surface area contributed by atoms with Gasteiger partial charge in [-0.3, -0.25) is 9.36 Å². The van der Waals surface area contributed by atoms with Gasteiger partial charge in [-0.05, 0) is 25.0 Å². The van der Waals surface area contributed by atoms with Gasteiger partial charge >= 0.3 is 5.76 Å². The van der Waals surface area contributed by atoms with E-state index in [-0.39, 0.29) is 18.5 Å². The van der Waals surface area contributed by atoms with E-state index < -0.39 is 5.76 Å². The third-order valence-electron chi connectivity index (χ3n) is 2.87. The predicted molar refractivity (Wildman–Crippen MR) is 66.6 cm³/mol. The number of benzene rings is 1. The van der Waals surface area contributed by atoms with Crippen molar-refractivity contribution in [2.45, 2.75) is 25.4 Å². The van der Waals surface area contributed by atoms with Crippen molar-refractivity contribution >= 4 is 28.6 Å². The van der Waals surface area contributed by atoms with Crippen LogP contribution in [0.2, 0.25) is 5.02 Å². The van der Waals surface area contributed by atoms with E-state index in [1.807, 2.05) is 0 Å². The van der Waals surface area contributed by atoms with Gasteiger partial charge in [-0.2, -0.15) is 0 Å². The molecule has 0 bridgehead atoms. The van der Waals surface area contributed by atoms with Crippen LogP contribution in [0.25, 0.3) is 11.1 Å². The van der Waals surface area contributed by atoms with Crippen LogP contribution in [0.5, 0.6) is 0 Å². The molecule has 5 nitrogen and oxygen atoms in total. The summed E-state index contributed by atoms with van der Waals surface area (Å²) in [7, 11) is 0. The number of aromatic nitrogens is 1. The Morgan fingerprint density at radius 1 is 1.50 bits per heavy atom. The molecule has 0 radical (unpaired) electrons. The van der Waals surface area contributed by atoms with E-state index in [4.69, 9.17) is 16.0 Å². The minimum Gasteiger partial charge on any atom is -0.408 e. The van der Waals surface area contributed by atoms with Gasteiger partial charge in [0, 0.05) is 17.1 Å². The van der Waals surface area contributed by atoms with Gasteiger partial charge in [0.25, 0.3) is 0 Å². The predicted octanol–water partition coefficient (Wildman–Crippen LogP) is 1.53. The zero-order chi connectivity index (χ0) is 12.7. The minimum absolute atomic E-state index is 0.0238. The second-order valence-electron chi connectivity index (χ2n) is 4.41. The number of carbonyl (C=O) groups excluding carboxylic acids is 1. The molecule has 1 aromatic heterocycles. The lowest BCUT2D eigenvalue weighted by molar-refractivity contribution is -0.121. The van der Waals surface area contributed by atoms with E-state index in [1.165, 1.54) is 4.57 Å². The molecule has 2 aromatic rings. The summed E-state index contributed by atoms with van der Waals surface area (Å²) in [6, 6.07) is 5.18. The molecular formula is C12H11ClN2O3. The monoisotopic (exact) mass is 266 g/mol. The van der Waals surface area contributed by atoms with Crippen LogP contribution in [0, 0.1) is 0 Å². The van der Waals surface area contributed by atoms with Gasteiger partial charge in [-0.25, -0.2) is 4.79 Å². The lowest BCUT2D eigenvalue weighted by atomic mass is 10.3. The average molecular weight is 267 g/mol. The molecule has 0 unspecified atom stereocenters. The summed E-state index contributed by atoms with van der Waals surface area (Å²) in [6.07, 6.45) is 2.03. The van der Waals surface area contributed by atoms with E-state index in [9.17, 15) is 9.59 Å². The van der Waals surface area contributed by atoms with Crippen molar-refractivity contribution in [3.8, 4) is 0 Å². The van der Waals surface area contributed by atoms with Crippen LogP contribution in [-0.4, -0.2) is 16.5 Å². The average Bonchev–Trinajstić information content (AvgIpc) is 3.05. The van der Waals surface area contributed by atoms with Crippen molar-refractivity contribution in [1.82, 2.24) is 9.88 Å². The summed E-state index contributed by atoms with van der Waals surface area (Å²) in [4.78, 5) is 23.3. The Hall–Kier alpha value is -1.75. The zero-order valence-corrected chi connectivity index (χ0v) is 10.2. The Morgan fingerprint density at radius 3 is 3.00 bits per heavy atom. The molecular weight excluding hydrogens is 256 g/mol. The Bertz CT molecular complexity index is 670. The van der Waals surface area contributed by atoms with Gasteiger partial charge in [0.2, 0.25) is 5.91 Å². The molecule has 1 amide bonds. The van der Waals surface area contributed by atoms with Crippen molar-refractivity contribution in [3.63, 3.8) is 0 Å². The largest absolute Gasteiger partial charge is 0.420 e. The number of nitrogens with zero attached hydrogens (tertiary/aromatic N) is 1. The van der Waals surface area contributed by atoms with E-state index in [1.54, 1.807) is 18.2 Å². The molecule has 0 saturated heterocycles. The summed E-state index contributed by atoms with van der Waals surface area (Å²) in [5.41, 5.74) is 0.974. The fourth-order valence-electron chi connectivity index (χ4n) is 1.83. The lowest BCUT2D eigenvalue weighted by Gasteiger charge is -2.03. The van der Waals surface area contributed by atoms with Crippen LogP contribution < -0.4 is 11.1 Å². The Morgan fingerprint density at radius 2 is 2.28 bits per heavy atom. The van der Waals surface area contributed by atoms with Crippen LogP contribution in [0.15, 0.2) is 27.4 Å². The topological polar surface area (TPSA) is 64.2 Å². The first-order valence-electron chi connectivity index (χ1n) is 5.72. The number of halogens is 1. The first-order valence-corrected chi connectivity index (χ1v) is 6.09. The molecule has 1 fully saturated rings. The number of carbonyl (C=O) groups is 1. The van der Waals surface area contributed by atoms with Gasteiger partial charge in [0.1, 0.15) is 6.54 Å². The molecule has 1 heterocycles. The molecule has 1 N–H and O–H groups in total. The fourth-order valence-corrected chi connectivity index (χ4v) is 2.00. The smallest absolute Gasteiger partial charge is 0.408 e. The van der Waals surface area contributed by atoms with Gasteiger partial charge in [-0.15, -0.1) is 0 Å². The van der Waals surface area contributed by atoms with Crippen LogP contribution in [0.1, 0.15) is 12.8 Å². The second-order valence-corrected chi connectivity index (χ2v) is 4.84. The van der Waals surface area contributed by atoms with Crippen molar-refractivity contribution in [1.29, 1.82) is 0 Å². The highest BCUT2D eigenvalue weighted by Crippen LogP contribution is 2.20.